The standard InChI is InChI=1S/C14H15FN2O2/c1-3-17(4-2)14(19)13(18)9-8-16-11-7-5-6-10(15)12(9)11/h5-8,16H,3-4H2,1-2H3. The van der Waals surface area contributed by atoms with Gasteiger partial charge in [0.1, 0.15) is 5.82 Å². The summed E-state index contributed by atoms with van der Waals surface area (Å²) in [5.41, 5.74) is 0.598. The third-order valence-electron chi connectivity index (χ3n) is 3.14. The highest BCUT2D eigenvalue weighted by Crippen LogP contribution is 2.22. The van der Waals surface area contributed by atoms with Gasteiger partial charge in [0.25, 0.3) is 11.7 Å². The number of aromatic amines is 1. The van der Waals surface area contributed by atoms with Gasteiger partial charge in [-0.3, -0.25) is 9.59 Å². The molecule has 0 aliphatic carbocycles. The summed E-state index contributed by atoms with van der Waals surface area (Å²) in [6.45, 7) is 4.49. The first-order valence-electron chi connectivity index (χ1n) is 6.19. The quantitative estimate of drug-likeness (QED) is 0.679. The molecule has 0 aliphatic rings. The Hall–Kier alpha value is -2.17. The molecule has 5 heteroatoms. The number of nitrogens with one attached hydrogen (secondary N) is 1. The molecule has 0 fully saturated rings. The zero-order valence-corrected chi connectivity index (χ0v) is 10.9. The normalized spacial score (nSPS) is 10.7. The fourth-order valence-corrected chi connectivity index (χ4v) is 2.09. The lowest BCUT2D eigenvalue weighted by atomic mass is 10.1. The van der Waals surface area contributed by atoms with Crippen molar-refractivity contribution in [1.82, 2.24) is 9.88 Å². The summed E-state index contributed by atoms with van der Waals surface area (Å²) in [4.78, 5) is 28.4. The monoisotopic (exact) mass is 262 g/mol. The van der Waals surface area contributed by atoms with Crippen molar-refractivity contribution in [1.29, 1.82) is 0 Å². The summed E-state index contributed by atoms with van der Waals surface area (Å²) >= 11 is 0. The number of carbonyl (C=O) groups excluding carboxylic acids is 2. The van der Waals surface area contributed by atoms with Crippen molar-refractivity contribution in [2.45, 2.75) is 13.8 Å². The Morgan fingerprint density at radius 2 is 1.95 bits per heavy atom. The van der Waals surface area contributed by atoms with E-state index in [-0.39, 0.29) is 10.9 Å². The van der Waals surface area contributed by atoms with Crippen LogP contribution in [0, 0.1) is 5.82 Å². The molecule has 1 amide bonds. The second kappa shape index (κ2) is 5.22. The summed E-state index contributed by atoms with van der Waals surface area (Å²) in [6, 6.07) is 4.49. The van der Waals surface area contributed by atoms with E-state index in [0.717, 1.165) is 0 Å². The number of rotatable bonds is 4. The molecular formula is C14H15FN2O2. The summed E-state index contributed by atoms with van der Waals surface area (Å²) in [7, 11) is 0. The first-order valence-corrected chi connectivity index (χ1v) is 6.19. The molecule has 0 bridgehead atoms. The van der Waals surface area contributed by atoms with Crippen molar-refractivity contribution in [3.63, 3.8) is 0 Å². The van der Waals surface area contributed by atoms with Crippen LogP contribution >= 0.6 is 0 Å². The van der Waals surface area contributed by atoms with Crippen LogP contribution < -0.4 is 0 Å². The molecule has 0 saturated carbocycles. The van der Waals surface area contributed by atoms with Crippen LogP contribution in [0.1, 0.15) is 24.2 Å². The number of hydrogen-bond acceptors (Lipinski definition) is 2. The molecule has 1 aromatic carbocycles. The van der Waals surface area contributed by atoms with Gasteiger partial charge in [-0.2, -0.15) is 0 Å². The van der Waals surface area contributed by atoms with Gasteiger partial charge < -0.3 is 9.88 Å². The van der Waals surface area contributed by atoms with Crippen LogP contribution in [-0.4, -0.2) is 34.7 Å². The molecule has 4 nitrogen and oxygen atoms in total. The highest BCUT2D eigenvalue weighted by molar-refractivity contribution is 6.44. The zero-order chi connectivity index (χ0) is 14.0. The molecule has 1 N–H and O–H groups in total. The summed E-state index contributed by atoms with van der Waals surface area (Å²) in [6.07, 6.45) is 1.39. The molecule has 0 spiro atoms. The summed E-state index contributed by atoms with van der Waals surface area (Å²) in [5, 5.41) is 0.174. The second-order valence-electron chi connectivity index (χ2n) is 4.17. The highest BCUT2D eigenvalue weighted by Gasteiger charge is 2.24. The maximum atomic E-state index is 13.8. The number of amides is 1. The third-order valence-corrected chi connectivity index (χ3v) is 3.14. The molecule has 0 atom stereocenters. The number of aromatic nitrogens is 1. The highest BCUT2D eigenvalue weighted by atomic mass is 19.1. The van der Waals surface area contributed by atoms with Gasteiger partial charge >= 0.3 is 0 Å². The van der Waals surface area contributed by atoms with Crippen molar-refractivity contribution in [2.75, 3.05) is 13.1 Å². The van der Waals surface area contributed by atoms with Gasteiger partial charge in [0.15, 0.2) is 0 Å². The summed E-state index contributed by atoms with van der Waals surface area (Å²) in [5.74, 6) is -1.79. The minimum Gasteiger partial charge on any atom is -0.360 e. The predicted octanol–water partition coefficient (Wildman–Crippen LogP) is 2.36. The van der Waals surface area contributed by atoms with E-state index in [4.69, 9.17) is 0 Å². The number of nitrogens with zero attached hydrogens (tertiary/aromatic N) is 1. The average molecular weight is 262 g/mol. The van der Waals surface area contributed by atoms with Gasteiger partial charge in [-0.1, -0.05) is 6.07 Å². The molecular weight excluding hydrogens is 247 g/mol. The molecule has 0 aliphatic heterocycles. The summed E-state index contributed by atoms with van der Waals surface area (Å²) < 4.78 is 13.8. The fraction of sp³-hybridized carbons (Fsp3) is 0.286. The Labute approximate surface area is 110 Å². The molecule has 0 unspecified atom stereocenters. The topological polar surface area (TPSA) is 53.2 Å². The number of H-pyrrole nitrogens is 1. The van der Waals surface area contributed by atoms with Crippen molar-refractivity contribution < 1.29 is 14.0 Å². The lowest BCUT2D eigenvalue weighted by Gasteiger charge is -2.17. The number of fused-ring (bicyclic) bond motifs is 1. The third kappa shape index (κ3) is 2.23. The molecule has 1 heterocycles. The maximum Gasteiger partial charge on any atom is 0.295 e. The fourth-order valence-electron chi connectivity index (χ4n) is 2.09. The second-order valence-corrected chi connectivity index (χ2v) is 4.17. The van der Waals surface area contributed by atoms with E-state index in [1.807, 2.05) is 0 Å². The van der Waals surface area contributed by atoms with Gasteiger partial charge in [-0.05, 0) is 26.0 Å². The first kappa shape index (κ1) is 13.3. The average Bonchev–Trinajstić information content (AvgIpc) is 2.84. The number of carbonyl (C=O) groups is 2. The van der Waals surface area contributed by atoms with Crippen LogP contribution in [0.5, 0.6) is 0 Å². The van der Waals surface area contributed by atoms with Gasteiger partial charge in [0.05, 0.1) is 5.56 Å². The van der Waals surface area contributed by atoms with Crippen LogP contribution in [0.25, 0.3) is 10.9 Å². The number of ketones is 1. The largest absolute Gasteiger partial charge is 0.360 e. The SMILES string of the molecule is CCN(CC)C(=O)C(=O)c1c[nH]c2cccc(F)c12. The van der Waals surface area contributed by atoms with Gasteiger partial charge in [-0.15, -0.1) is 0 Å². The van der Waals surface area contributed by atoms with Crippen molar-refractivity contribution in [3.05, 3.63) is 35.8 Å². The Bertz CT molecular complexity index is 629. The smallest absolute Gasteiger partial charge is 0.295 e. The lowest BCUT2D eigenvalue weighted by Crippen LogP contribution is -2.36. The predicted molar refractivity (Wildman–Crippen MR) is 70.5 cm³/mol. The van der Waals surface area contributed by atoms with Crippen molar-refractivity contribution in [3.8, 4) is 0 Å². The van der Waals surface area contributed by atoms with E-state index >= 15 is 0 Å². The van der Waals surface area contributed by atoms with Crippen LogP contribution in [-0.2, 0) is 4.79 Å². The van der Waals surface area contributed by atoms with Crippen molar-refractivity contribution >= 4 is 22.6 Å². The van der Waals surface area contributed by atoms with Gasteiger partial charge in [0.2, 0.25) is 0 Å². The molecule has 2 aromatic rings. The van der Waals surface area contributed by atoms with E-state index in [9.17, 15) is 14.0 Å². The van der Waals surface area contributed by atoms with E-state index in [0.29, 0.717) is 18.6 Å². The van der Waals surface area contributed by atoms with Gasteiger partial charge in [-0.25, -0.2) is 4.39 Å². The Morgan fingerprint density at radius 3 is 2.58 bits per heavy atom. The van der Waals surface area contributed by atoms with E-state index in [1.54, 1.807) is 26.0 Å². The molecule has 100 valence electrons. The number of hydrogen-bond donors (Lipinski definition) is 1. The molecule has 0 saturated heterocycles. The van der Waals surface area contributed by atoms with Crippen molar-refractivity contribution in [2.24, 2.45) is 0 Å². The van der Waals surface area contributed by atoms with E-state index < -0.39 is 17.5 Å². The van der Waals surface area contributed by atoms with E-state index in [2.05, 4.69) is 4.98 Å². The molecule has 2 rings (SSSR count). The molecule has 0 radical (unpaired) electrons. The lowest BCUT2D eigenvalue weighted by molar-refractivity contribution is -0.126. The number of likely N-dealkylation sites (N-methyl/N-ethyl adjacent to an activating group) is 1. The Morgan fingerprint density at radius 1 is 1.26 bits per heavy atom. The zero-order valence-electron chi connectivity index (χ0n) is 10.9. The van der Waals surface area contributed by atoms with Crippen LogP contribution in [0.2, 0.25) is 0 Å². The minimum absolute atomic E-state index is 0.0880. The van der Waals surface area contributed by atoms with Crippen LogP contribution in [0.15, 0.2) is 24.4 Å². The minimum atomic E-state index is -0.681. The Balaban J connectivity index is 2.45. The van der Waals surface area contributed by atoms with Crippen LogP contribution in [0.4, 0.5) is 4.39 Å². The Kier molecular flexibility index (Phi) is 3.64. The maximum absolute atomic E-state index is 13.8. The molecule has 19 heavy (non-hydrogen) atoms. The number of benzene rings is 1. The molecule has 1 aromatic heterocycles. The van der Waals surface area contributed by atoms with Crippen LogP contribution in [0.3, 0.4) is 0 Å². The van der Waals surface area contributed by atoms with Gasteiger partial charge in [0, 0.05) is 30.2 Å². The first-order chi connectivity index (χ1) is 9.10. The number of halogens is 1. The number of Topliss-reactive ketones (excluding diaryl/α,β-unsaturated/α-hetero) is 1. The van der Waals surface area contributed by atoms with E-state index in [1.165, 1.54) is 17.2 Å².